The average Bonchev–Trinajstić information content (AvgIpc) is 3.11. The monoisotopic (exact) mass is 401 g/mol. The zero-order valence-corrected chi connectivity index (χ0v) is 16.1. The molecule has 9 heteroatoms. The molecule has 0 radical (unpaired) electrons. The van der Waals surface area contributed by atoms with Gasteiger partial charge in [0.15, 0.2) is 0 Å². The summed E-state index contributed by atoms with van der Waals surface area (Å²) in [5, 5.41) is 12.1. The van der Waals surface area contributed by atoms with E-state index in [1.54, 1.807) is 44.2 Å². The van der Waals surface area contributed by atoms with Crippen LogP contribution < -0.4 is 11.0 Å². The molecule has 1 aromatic carbocycles. The number of aliphatic hydroxyl groups is 1. The number of nitrogens with one attached hydrogen (secondary N) is 1. The van der Waals surface area contributed by atoms with E-state index in [4.69, 9.17) is 9.47 Å². The van der Waals surface area contributed by atoms with Gasteiger partial charge in [-0.3, -0.25) is 14.2 Å². The summed E-state index contributed by atoms with van der Waals surface area (Å²) in [5.41, 5.74) is -0.188. The standard InChI is InChI=1S/C20H23N3O6/c1-12(2)19(26)29-14-10-17(28-15(14)11-24)23-9-8-16(22-20(23)27)21-18(25)13-6-4-3-5-7-13/h3-9,12,14-15,17,24H,10-11H2,1-2H3,(H,21,22,25,27)/t14-,15+,17+/m1/s1. The third kappa shape index (κ3) is 4.87. The summed E-state index contributed by atoms with van der Waals surface area (Å²) < 4.78 is 12.3. The maximum atomic E-state index is 12.4. The quantitative estimate of drug-likeness (QED) is 0.701. The number of benzene rings is 1. The molecular formula is C20H23N3O6. The Balaban J connectivity index is 1.71. The number of nitrogens with zero attached hydrogens (tertiary/aromatic N) is 2. The van der Waals surface area contributed by atoms with Crippen molar-refractivity contribution in [2.45, 2.75) is 38.7 Å². The van der Waals surface area contributed by atoms with E-state index in [9.17, 15) is 19.5 Å². The fourth-order valence-electron chi connectivity index (χ4n) is 2.92. The van der Waals surface area contributed by atoms with E-state index in [1.165, 1.54) is 16.8 Å². The molecule has 0 saturated carbocycles. The molecule has 3 rings (SSSR count). The number of aliphatic hydroxyl groups excluding tert-OH is 1. The number of rotatable bonds is 6. The maximum absolute atomic E-state index is 12.4. The van der Waals surface area contributed by atoms with Crippen molar-refractivity contribution in [3.8, 4) is 0 Å². The van der Waals surface area contributed by atoms with E-state index < -0.39 is 30.1 Å². The minimum atomic E-state index is -0.740. The number of esters is 1. The van der Waals surface area contributed by atoms with Gasteiger partial charge in [-0.15, -0.1) is 0 Å². The third-order valence-corrected chi connectivity index (χ3v) is 4.52. The van der Waals surface area contributed by atoms with E-state index in [0.29, 0.717) is 5.56 Å². The van der Waals surface area contributed by atoms with Crippen LogP contribution in [0.5, 0.6) is 0 Å². The SMILES string of the molecule is CC(C)C(=O)O[C@@H]1C[C@@H](n2ccc(NC(=O)c3ccccc3)nc2=O)O[C@H]1CO. The largest absolute Gasteiger partial charge is 0.459 e. The van der Waals surface area contributed by atoms with Gasteiger partial charge in [-0.1, -0.05) is 32.0 Å². The number of ether oxygens (including phenoxy) is 2. The van der Waals surface area contributed by atoms with Crippen molar-refractivity contribution in [3.63, 3.8) is 0 Å². The van der Waals surface area contributed by atoms with E-state index in [2.05, 4.69) is 10.3 Å². The summed E-state index contributed by atoms with van der Waals surface area (Å²) in [7, 11) is 0. The molecular weight excluding hydrogens is 378 g/mol. The third-order valence-electron chi connectivity index (χ3n) is 4.52. The van der Waals surface area contributed by atoms with Crippen LogP contribution >= 0.6 is 0 Å². The predicted octanol–water partition coefficient (Wildman–Crippen LogP) is 1.34. The zero-order valence-electron chi connectivity index (χ0n) is 16.1. The fraction of sp³-hybridized carbons (Fsp3) is 0.400. The van der Waals surface area contributed by atoms with Crippen LogP contribution in [0.4, 0.5) is 5.82 Å². The number of hydrogen-bond acceptors (Lipinski definition) is 7. The molecule has 154 valence electrons. The number of anilines is 1. The molecule has 29 heavy (non-hydrogen) atoms. The molecule has 0 unspecified atom stereocenters. The number of aromatic nitrogens is 2. The van der Waals surface area contributed by atoms with Gasteiger partial charge in [0.1, 0.15) is 24.3 Å². The number of hydrogen-bond donors (Lipinski definition) is 2. The molecule has 3 atom stereocenters. The normalized spacial score (nSPS) is 21.2. The van der Waals surface area contributed by atoms with Crippen LogP contribution in [0.15, 0.2) is 47.4 Å². The van der Waals surface area contributed by atoms with E-state index in [0.717, 1.165) is 0 Å². The number of carbonyl (C=O) groups excluding carboxylic acids is 2. The first kappa shape index (κ1) is 20.7. The van der Waals surface area contributed by atoms with Gasteiger partial charge in [0.25, 0.3) is 5.91 Å². The van der Waals surface area contributed by atoms with Crippen molar-refractivity contribution in [3.05, 3.63) is 58.6 Å². The van der Waals surface area contributed by atoms with Crippen molar-refractivity contribution in [1.82, 2.24) is 9.55 Å². The Morgan fingerprint density at radius 1 is 1.31 bits per heavy atom. The second-order valence-electron chi connectivity index (χ2n) is 7.00. The molecule has 0 spiro atoms. The van der Waals surface area contributed by atoms with Crippen molar-refractivity contribution >= 4 is 17.7 Å². The molecule has 2 heterocycles. The zero-order chi connectivity index (χ0) is 21.0. The van der Waals surface area contributed by atoms with E-state index in [-0.39, 0.29) is 30.7 Å². The van der Waals surface area contributed by atoms with Crippen LogP contribution in [-0.4, -0.2) is 45.3 Å². The molecule has 1 saturated heterocycles. The van der Waals surface area contributed by atoms with E-state index >= 15 is 0 Å². The summed E-state index contributed by atoms with van der Waals surface area (Å²) in [4.78, 5) is 40.3. The molecule has 1 aromatic heterocycles. The molecule has 2 N–H and O–H groups in total. The molecule has 9 nitrogen and oxygen atoms in total. The first-order chi connectivity index (χ1) is 13.9. The first-order valence-electron chi connectivity index (χ1n) is 9.31. The summed E-state index contributed by atoms with van der Waals surface area (Å²) in [6.45, 7) is 3.07. The molecule has 1 aliphatic heterocycles. The van der Waals surface area contributed by atoms with Crippen molar-refractivity contribution in [2.75, 3.05) is 11.9 Å². The summed E-state index contributed by atoms with van der Waals surface area (Å²) in [5.74, 6) is -0.986. The van der Waals surface area contributed by atoms with Crippen LogP contribution in [0.25, 0.3) is 0 Å². The Morgan fingerprint density at radius 3 is 2.66 bits per heavy atom. The van der Waals surface area contributed by atoms with Crippen LogP contribution in [0.1, 0.15) is 36.9 Å². The minimum absolute atomic E-state index is 0.111. The first-order valence-corrected chi connectivity index (χ1v) is 9.31. The maximum Gasteiger partial charge on any atom is 0.351 e. The summed E-state index contributed by atoms with van der Waals surface area (Å²) in [6, 6.07) is 10.0. The van der Waals surface area contributed by atoms with Crippen LogP contribution in [0.2, 0.25) is 0 Å². The highest BCUT2D eigenvalue weighted by atomic mass is 16.6. The van der Waals surface area contributed by atoms with Gasteiger partial charge in [-0.25, -0.2) is 4.79 Å². The Hall–Kier alpha value is -3.04. The Bertz CT molecular complexity index is 927. The van der Waals surface area contributed by atoms with Crippen LogP contribution in [0.3, 0.4) is 0 Å². The second-order valence-corrected chi connectivity index (χ2v) is 7.00. The van der Waals surface area contributed by atoms with Crippen molar-refractivity contribution < 1.29 is 24.2 Å². The Labute approximate surface area is 167 Å². The lowest BCUT2D eigenvalue weighted by atomic mass is 10.1. The smallest absolute Gasteiger partial charge is 0.351 e. The highest BCUT2D eigenvalue weighted by molar-refractivity contribution is 6.03. The van der Waals surface area contributed by atoms with Gasteiger partial charge < -0.3 is 19.9 Å². The minimum Gasteiger partial charge on any atom is -0.459 e. The highest BCUT2D eigenvalue weighted by Gasteiger charge is 2.39. The lowest BCUT2D eigenvalue weighted by molar-refractivity contribution is -0.156. The summed E-state index contributed by atoms with van der Waals surface area (Å²) in [6.07, 6.45) is -0.477. The lowest BCUT2D eigenvalue weighted by Crippen LogP contribution is -2.31. The van der Waals surface area contributed by atoms with Gasteiger partial charge in [0, 0.05) is 18.2 Å². The summed E-state index contributed by atoms with van der Waals surface area (Å²) >= 11 is 0. The van der Waals surface area contributed by atoms with Gasteiger partial charge in [-0.05, 0) is 18.2 Å². The second kappa shape index (κ2) is 8.97. The van der Waals surface area contributed by atoms with Crippen LogP contribution in [0, 0.1) is 5.92 Å². The Morgan fingerprint density at radius 2 is 2.03 bits per heavy atom. The fourth-order valence-corrected chi connectivity index (χ4v) is 2.92. The topological polar surface area (TPSA) is 120 Å². The van der Waals surface area contributed by atoms with Gasteiger partial charge in [0.2, 0.25) is 0 Å². The van der Waals surface area contributed by atoms with Gasteiger partial charge in [-0.2, -0.15) is 4.98 Å². The van der Waals surface area contributed by atoms with Crippen LogP contribution in [-0.2, 0) is 14.3 Å². The highest BCUT2D eigenvalue weighted by Crippen LogP contribution is 2.30. The predicted molar refractivity (Wildman–Crippen MR) is 103 cm³/mol. The molecule has 1 amide bonds. The molecule has 1 aliphatic rings. The van der Waals surface area contributed by atoms with Gasteiger partial charge >= 0.3 is 11.7 Å². The van der Waals surface area contributed by atoms with Gasteiger partial charge in [0.05, 0.1) is 12.5 Å². The molecule has 1 fully saturated rings. The molecule has 2 aromatic rings. The average molecular weight is 401 g/mol. The van der Waals surface area contributed by atoms with E-state index in [1.807, 2.05) is 0 Å². The molecule has 0 aliphatic carbocycles. The number of amides is 1. The van der Waals surface area contributed by atoms with Crippen molar-refractivity contribution in [2.24, 2.45) is 5.92 Å². The Kier molecular flexibility index (Phi) is 6.40. The van der Waals surface area contributed by atoms with Crippen molar-refractivity contribution in [1.29, 1.82) is 0 Å². The lowest BCUT2D eigenvalue weighted by Gasteiger charge is -2.17. The number of carbonyl (C=O) groups is 2. The molecule has 0 bridgehead atoms.